The molecular formula is C49H32N2. The lowest BCUT2D eigenvalue weighted by Gasteiger charge is -2.18. The number of para-hydroxylation sites is 1. The molecule has 0 saturated carbocycles. The number of hydrogen-bond donors (Lipinski definition) is 0. The van der Waals surface area contributed by atoms with Gasteiger partial charge in [0.2, 0.25) is 0 Å². The van der Waals surface area contributed by atoms with E-state index in [1.165, 1.54) is 77.0 Å². The summed E-state index contributed by atoms with van der Waals surface area (Å²) in [7, 11) is 0. The summed E-state index contributed by atoms with van der Waals surface area (Å²) in [6.45, 7) is 0. The molecule has 8 aromatic carbocycles. The van der Waals surface area contributed by atoms with Crippen LogP contribution in [0.3, 0.4) is 0 Å². The van der Waals surface area contributed by atoms with E-state index >= 15 is 0 Å². The molecule has 0 radical (unpaired) electrons. The predicted octanol–water partition coefficient (Wildman–Crippen LogP) is 13.2. The highest BCUT2D eigenvalue weighted by Crippen LogP contribution is 2.44. The lowest BCUT2D eigenvalue weighted by Crippen LogP contribution is -1.93. The molecular weight excluding hydrogens is 617 g/mol. The lowest BCUT2D eigenvalue weighted by molar-refractivity contribution is 1.17. The second-order valence-electron chi connectivity index (χ2n) is 13.2. The Morgan fingerprint density at radius 3 is 1.49 bits per heavy atom. The minimum absolute atomic E-state index is 1.15. The fraction of sp³-hybridized carbons (Fsp3) is 0. The summed E-state index contributed by atoms with van der Waals surface area (Å²) < 4.78 is 2.33. The summed E-state index contributed by atoms with van der Waals surface area (Å²) in [4.78, 5) is 4.50. The molecule has 238 valence electrons. The molecule has 0 saturated heterocycles. The summed E-state index contributed by atoms with van der Waals surface area (Å²) >= 11 is 0. The maximum absolute atomic E-state index is 4.50. The van der Waals surface area contributed by atoms with Crippen LogP contribution in [0.25, 0.3) is 93.5 Å². The maximum atomic E-state index is 4.50. The minimum atomic E-state index is 1.15. The molecule has 0 aliphatic carbocycles. The topological polar surface area (TPSA) is 17.8 Å². The maximum Gasteiger partial charge on any atom is 0.0571 e. The molecule has 2 nitrogen and oxygen atoms in total. The van der Waals surface area contributed by atoms with Crippen molar-refractivity contribution < 1.29 is 0 Å². The predicted molar refractivity (Wildman–Crippen MR) is 215 cm³/mol. The van der Waals surface area contributed by atoms with Crippen LogP contribution < -0.4 is 0 Å². The molecule has 10 rings (SSSR count). The molecule has 10 aromatic rings. The van der Waals surface area contributed by atoms with Crippen molar-refractivity contribution in [3.05, 3.63) is 194 Å². The Balaban J connectivity index is 1.11. The van der Waals surface area contributed by atoms with Gasteiger partial charge in [0.05, 0.1) is 11.0 Å². The second-order valence-corrected chi connectivity index (χ2v) is 13.2. The number of rotatable bonds is 5. The van der Waals surface area contributed by atoms with Crippen molar-refractivity contribution in [2.75, 3.05) is 0 Å². The van der Waals surface area contributed by atoms with E-state index < -0.39 is 0 Å². The Morgan fingerprint density at radius 2 is 0.804 bits per heavy atom. The van der Waals surface area contributed by atoms with E-state index in [4.69, 9.17) is 0 Å². The van der Waals surface area contributed by atoms with Crippen LogP contribution in [0.4, 0.5) is 0 Å². The van der Waals surface area contributed by atoms with Gasteiger partial charge in [0.1, 0.15) is 0 Å². The molecule has 2 aromatic heterocycles. The molecule has 0 fully saturated rings. The Morgan fingerprint density at radius 1 is 0.314 bits per heavy atom. The first-order valence-corrected chi connectivity index (χ1v) is 17.5. The first-order chi connectivity index (χ1) is 25.3. The lowest BCUT2D eigenvalue weighted by atomic mass is 9.85. The average Bonchev–Trinajstić information content (AvgIpc) is 3.54. The molecule has 0 spiro atoms. The van der Waals surface area contributed by atoms with Gasteiger partial charge in [-0.05, 0) is 102 Å². The zero-order valence-corrected chi connectivity index (χ0v) is 27.9. The third-order valence-corrected chi connectivity index (χ3v) is 10.3. The largest absolute Gasteiger partial charge is 0.309 e. The van der Waals surface area contributed by atoms with Gasteiger partial charge in [-0.2, -0.15) is 0 Å². The summed E-state index contributed by atoms with van der Waals surface area (Å²) in [5.74, 6) is 0. The van der Waals surface area contributed by atoms with Crippen LogP contribution in [-0.2, 0) is 0 Å². The van der Waals surface area contributed by atoms with E-state index in [9.17, 15) is 0 Å². The molecule has 0 atom stereocenters. The Kier molecular flexibility index (Phi) is 6.85. The van der Waals surface area contributed by atoms with Crippen LogP contribution in [0.1, 0.15) is 0 Å². The van der Waals surface area contributed by atoms with Crippen LogP contribution in [0, 0.1) is 0 Å². The summed E-state index contributed by atoms with van der Waals surface area (Å²) in [6, 6.07) is 66.0. The van der Waals surface area contributed by atoms with Crippen molar-refractivity contribution in [2.24, 2.45) is 0 Å². The van der Waals surface area contributed by atoms with Gasteiger partial charge in [0.25, 0.3) is 0 Å². The van der Waals surface area contributed by atoms with Gasteiger partial charge in [-0.25, -0.2) is 0 Å². The number of pyridine rings is 1. The standard InChI is InChI=1S/C49H32N2/c1-3-12-33(13-4-1)36-14-11-15-38(30-36)49-42-20-9-7-18-40(42)48(41-19-8-10-21-43(41)49)35-24-22-34(23-25-35)37-26-27-46-44(31-37)45-32-50-29-28-47(45)51(46)39-16-5-2-6-17-39/h1-32H. The van der Waals surface area contributed by atoms with Gasteiger partial charge in [0.15, 0.2) is 0 Å². The quantitative estimate of drug-likeness (QED) is 0.170. The van der Waals surface area contributed by atoms with E-state index in [2.05, 4.69) is 192 Å². The van der Waals surface area contributed by atoms with Crippen molar-refractivity contribution in [1.82, 2.24) is 9.55 Å². The normalized spacial score (nSPS) is 11.5. The van der Waals surface area contributed by atoms with Crippen molar-refractivity contribution in [1.29, 1.82) is 0 Å². The van der Waals surface area contributed by atoms with Gasteiger partial charge in [-0.1, -0.05) is 146 Å². The van der Waals surface area contributed by atoms with E-state index in [0.717, 1.165) is 16.6 Å². The van der Waals surface area contributed by atoms with Crippen LogP contribution >= 0.6 is 0 Å². The van der Waals surface area contributed by atoms with E-state index in [1.807, 2.05) is 12.4 Å². The SMILES string of the molecule is c1ccc(-c2cccc(-c3c4ccccc4c(-c4ccc(-c5ccc6c(c5)c5cnccc5n6-c5ccccc5)cc4)c4ccccc34)c2)cc1. The highest BCUT2D eigenvalue weighted by molar-refractivity contribution is 6.21. The Bertz CT molecular complexity index is 2830. The molecule has 0 unspecified atom stereocenters. The van der Waals surface area contributed by atoms with Gasteiger partial charge in [-0.3, -0.25) is 4.98 Å². The smallest absolute Gasteiger partial charge is 0.0571 e. The second kappa shape index (κ2) is 12.0. The first kappa shape index (κ1) is 29.2. The molecule has 0 N–H and O–H groups in total. The average molecular weight is 649 g/mol. The zero-order valence-electron chi connectivity index (χ0n) is 27.9. The summed E-state index contributed by atoms with van der Waals surface area (Å²) in [5, 5.41) is 7.39. The van der Waals surface area contributed by atoms with Crippen molar-refractivity contribution in [3.8, 4) is 50.2 Å². The highest BCUT2D eigenvalue weighted by atomic mass is 15.0. The van der Waals surface area contributed by atoms with E-state index in [0.29, 0.717) is 0 Å². The van der Waals surface area contributed by atoms with E-state index in [1.54, 1.807) is 0 Å². The van der Waals surface area contributed by atoms with Crippen molar-refractivity contribution >= 4 is 43.4 Å². The molecule has 0 amide bonds. The first-order valence-electron chi connectivity index (χ1n) is 17.5. The number of benzene rings is 8. The van der Waals surface area contributed by atoms with Gasteiger partial charge >= 0.3 is 0 Å². The van der Waals surface area contributed by atoms with Gasteiger partial charge in [-0.15, -0.1) is 0 Å². The fourth-order valence-corrected chi connectivity index (χ4v) is 7.97. The Hall–Kier alpha value is -6.77. The molecule has 51 heavy (non-hydrogen) atoms. The zero-order chi connectivity index (χ0) is 33.7. The van der Waals surface area contributed by atoms with Crippen LogP contribution in [0.2, 0.25) is 0 Å². The number of hydrogen-bond acceptors (Lipinski definition) is 1. The monoisotopic (exact) mass is 648 g/mol. The molecule has 2 heterocycles. The molecule has 2 heteroatoms. The number of nitrogens with zero attached hydrogens (tertiary/aromatic N) is 2. The van der Waals surface area contributed by atoms with Gasteiger partial charge < -0.3 is 4.57 Å². The third kappa shape index (κ3) is 4.84. The third-order valence-electron chi connectivity index (χ3n) is 10.3. The van der Waals surface area contributed by atoms with Crippen LogP contribution in [0.5, 0.6) is 0 Å². The van der Waals surface area contributed by atoms with Crippen LogP contribution in [-0.4, -0.2) is 9.55 Å². The summed E-state index contributed by atoms with van der Waals surface area (Å²) in [5.41, 5.74) is 13.3. The van der Waals surface area contributed by atoms with Crippen molar-refractivity contribution in [2.45, 2.75) is 0 Å². The molecule has 0 bridgehead atoms. The number of aromatic nitrogens is 2. The highest BCUT2D eigenvalue weighted by Gasteiger charge is 2.18. The molecule has 0 aliphatic rings. The van der Waals surface area contributed by atoms with Crippen LogP contribution in [0.15, 0.2) is 194 Å². The summed E-state index contributed by atoms with van der Waals surface area (Å²) in [6.07, 6.45) is 3.86. The minimum Gasteiger partial charge on any atom is -0.309 e. The molecule has 0 aliphatic heterocycles. The van der Waals surface area contributed by atoms with Gasteiger partial charge in [0, 0.05) is 28.9 Å². The van der Waals surface area contributed by atoms with Crippen molar-refractivity contribution in [3.63, 3.8) is 0 Å². The number of fused-ring (bicyclic) bond motifs is 5. The van der Waals surface area contributed by atoms with E-state index in [-0.39, 0.29) is 0 Å². The fourth-order valence-electron chi connectivity index (χ4n) is 7.97. The Labute approximate surface area is 296 Å².